The van der Waals surface area contributed by atoms with E-state index in [2.05, 4.69) is 22.6 Å². The SMILES string of the molecule is Cc1ccc(S(=O)(=O)NC[C@@H]2CCCN([C@H](C)CC#N)C2)cc1. The third-order valence-corrected chi connectivity index (χ3v) is 5.89. The van der Waals surface area contributed by atoms with Gasteiger partial charge in [0.05, 0.1) is 17.4 Å². The first-order valence-electron chi connectivity index (χ1n) is 8.09. The lowest BCUT2D eigenvalue weighted by atomic mass is 9.97. The molecule has 1 aromatic rings. The molecule has 23 heavy (non-hydrogen) atoms. The van der Waals surface area contributed by atoms with Crippen LogP contribution < -0.4 is 4.72 Å². The summed E-state index contributed by atoms with van der Waals surface area (Å²) in [7, 11) is -3.45. The number of piperidine rings is 1. The van der Waals surface area contributed by atoms with Crippen molar-refractivity contribution in [2.75, 3.05) is 19.6 Å². The normalized spacial score (nSPS) is 20.8. The van der Waals surface area contributed by atoms with Crippen LogP contribution in [0.5, 0.6) is 0 Å². The molecule has 1 saturated heterocycles. The Bertz CT molecular complexity index is 649. The Kier molecular flexibility index (Phi) is 6.17. The van der Waals surface area contributed by atoms with Crippen molar-refractivity contribution in [3.8, 4) is 6.07 Å². The van der Waals surface area contributed by atoms with Crippen LogP contribution in [-0.2, 0) is 10.0 Å². The number of sulfonamides is 1. The topological polar surface area (TPSA) is 73.2 Å². The zero-order valence-corrected chi connectivity index (χ0v) is 14.6. The van der Waals surface area contributed by atoms with Gasteiger partial charge in [0, 0.05) is 19.1 Å². The summed E-state index contributed by atoms with van der Waals surface area (Å²) < 4.78 is 27.4. The minimum Gasteiger partial charge on any atom is -0.299 e. The summed E-state index contributed by atoms with van der Waals surface area (Å²) in [4.78, 5) is 2.60. The molecule has 1 N–H and O–H groups in total. The lowest BCUT2D eigenvalue weighted by Gasteiger charge is -2.36. The molecule has 0 unspecified atom stereocenters. The van der Waals surface area contributed by atoms with Crippen LogP contribution in [0.4, 0.5) is 0 Å². The molecule has 1 fully saturated rings. The summed E-state index contributed by atoms with van der Waals surface area (Å²) in [5.41, 5.74) is 1.04. The summed E-state index contributed by atoms with van der Waals surface area (Å²) in [6.45, 7) is 6.28. The van der Waals surface area contributed by atoms with E-state index in [9.17, 15) is 8.42 Å². The van der Waals surface area contributed by atoms with Gasteiger partial charge in [0.2, 0.25) is 10.0 Å². The Morgan fingerprint density at radius 1 is 1.39 bits per heavy atom. The molecule has 5 nitrogen and oxygen atoms in total. The highest BCUT2D eigenvalue weighted by Gasteiger charge is 2.25. The van der Waals surface area contributed by atoms with Gasteiger partial charge in [-0.3, -0.25) is 4.90 Å². The lowest BCUT2D eigenvalue weighted by molar-refractivity contribution is 0.134. The maximum Gasteiger partial charge on any atom is 0.240 e. The van der Waals surface area contributed by atoms with Crippen molar-refractivity contribution in [3.63, 3.8) is 0 Å². The predicted octanol–water partition coefficient (Wildman–Crippen LogP) is 2.29. The highest BCUT2D eigenvalue weighted by molar-refractivity contribution is 7.89. The zero-order chi connectivity index (χ0) is 16.9. The smallest absolute Gasteiger partial charge is 0.240 e. The standard InChI is InChI=1S/C17H25N3O2S/c1-14-5-7-17(8-6-14)23(21,22)19-12-16-4-3-11-20(13-16)15(2)9-10-18/h5-8,15-16,19H,3-4,9,11-13H2,1-2H3/t15-,16+/m1/s1. The molecule has 2 atom stereocenters. The van der Waals surface area contributed by atoms with E-state index in [-0.39, 0.29) is 6.04 Å². The number of benzene rings is 1. The van der Waals surface area contributed by atoms with Gasteiger partial charge in [-0.15, -0.1) is 0 Å². The summed E-state index contributed by atoms with van der Waals surface area (Å²) >= 11 is 0. The van der Waals surface area contributed by atoms with E-state index in [1.165, 1.54) is 0 Å². The van der Waals surface area contributed by atoms with E-state index >= 15 is 0 Å². The summed E-state index contributed by atoms with van der Waals surface area (Å²) in [6, 6.07) is 9.33. The predicted molar refractivity (Wildman–Crippen MR) is 90.4 cm³/mol. The fourth-order valence-electron chi connectivity index (χ4n) is 2.95. The van der Waals surface area contributed by atoms with Crippen LogP contribution in [0.3, 0.4) is 0 Å². The van der Waals surface area contributed by atoms with E-state index in [1.54, 1.807) is 24.3 Å². The van der Waals surface area contributed by atoms with Crippen LogP contribution in [0, 0.1) is 24.2 Å². The second-order valence-electron chi connectivity index (χ2n) is 6.38. The van der Waals surface area contributed by atoms with E-state index in [0.717, 1.165) is 31.5 Å². The lowest BCUT2D eigenvalue weighted by Crippen LogP contribution is -2.44. The number of nitrogens with one attached hydrogen (secondary N) is 1. The van der Waals surface area contributed by atoms with Crippen molar-refractivity contribution in [1.82, 2.24) is 9.62 Å². The van der Waals surface area contributed by atoms with Gasteiger partial charge in [0.1, 0.15) is 0 Å². The Hall–Kier alpha value is -1.42. The fourth-order valence-corrected chi connectivity index (χ4v) is 4.07. The molecule has 0 radical (unpaired) electrons. The van der Waals surface area contributed by atoms with E-state index in [0.29, 0.717) is 23.8 Å². The minimum atomic E-state index is -3.45. The van der Waals surface area contributed by atoms with E-state index in [1.807, 2.05) is 6.92 Å². The highest BCUT2D eigenvalue weighted by Crippen LogP contribution is 2.20. The van der Waals surface area contributed by atoms with Crippen molar-refractivity contribution < 1.29 is 8.42 Å². The number of nitrogens with zero attached hydrogens (tertiary/aromatic N) is 2. The maximum atomic E-state index is 12.3. The molecule has 0 amide bonds. The Morgan fingerprint density at radius 2 is 2.09 bits per heavy atom. The average molecular weight is 335 g/mol. The molecular weight excluding hydrogens is 310 g/mol. The van der Waals surface area contributed by atoms with Crippen molar-refractivity contribution >= 4 is 10.0 Å². The Morgan fingerprint density at radius 3 is 2.74 bits per heavy atom. The molecular formula is C17H25N3O2S. The molecule has 2 rings (SSSR count). The summed E-state index contributed by atoms with van der Waals surface area (Å²) in [5, 5.41) is 8.82. The van der Waals surface area contributed by atoms with Crippen LogP contribution >= 0.6 is 0 Å². The second-order valence-corrected chi connectivity index (χ2v) is 8.15. The quantitative estimate of drug-likeness (QED) is 0.865. The van der Waals surface area contributed by atoms with E-state index in [4.69, 9.17) is 5.26 Å². The first kappa shape index (κ1) is 17.9. The molecule has 6 heteroatoms. The van der Waals surface area contributed by atoms with Gasteiger partial charge < -0.3 is 0 Å². The molecule has 0 bridgehead atoms. The average Bonchev–Trinajstić information content (AvgIpc) is 2.54. The molecule has 1 aliphatic heterocycles. The molecule has 1 aromatic carbocycles. The third-order valence-electron chi connectivity index (χ3n) is 4.45. The van der Waals surface area contributed by atoms with Gasteiger partial charge in [-0.1, -0.05) is 17.7 Å². The first-order chi connectivity index (χ1) is 10.9. The van der Waals surface area contributed by atoms with Gasteiger partial charge >= 0.3 is 0 Å². The Labute approximate surface area is 139 Å². The van der Waals surface area contributed by atoms with Crippen molar-refractivity contribution in [2.24, 2.45) is 5.92 Å². The molecule has 1 aliphatic rings. The molecule has 0 saturated carbocycles. The Balaban J connectivity index is 1.92. The van der Waals surface area contributed by atoms with Crippen molar-refractivity contribution in [1.29, 1.82) is 5.26 Å². The first-order valence-corrected chi connectivity index (χ1v) is 9.58. The number of nitriles is 1. The monoisotopic (exact) mass is 335 g/mol. The van der Waals surface area contributed by atoms with Gasteiger partial charge in [0.25, 0.3) is 0 Å². The molecule has 126 valence electrons. The molecule has 0 aliphatic carbocycles. The van der Waals surface area contributed by atoms with Crippen LogP contribution in [0.2, 0.25) is 0 Å². The van der Waals surface area contributed by atoms with Crippen molar-refractivity contribution in [2.45, 2.75) is 44.0 Å². The number of hydrogen-bond donors (Lipinski definition) is 1. The van der Waals surface area contributed by atoms with Gasteiger partial charge in [-0.2, -0.15) is 5.26 Å². The number of hydrogen-bond acceptors (Lipinski definition) is 4. The van der Waals surface area contributed by atoms with Crippen molar-refractivity contribution in [3.05, 3.63) is 29.8 Å². The molecule has 0 spiro atoms. The summed E-state index contributed by atoms with van der Waals surface area (Å²) in [5.74, 6) is 0.296. The van der Waals surface area contributed by atoms with Crippen LogP contribution in [0.1, 0.15) is 31.7 Å². The highest BCUT2D eigenvalue weighted by atomic mass is 32.2. The van der Waals surface area contributed by atoms with Gasteiger partial charge in [0.15, 0.2) is 0 Å². The fraction of sp³-hybridized carbons (Fsp3) is 0.588. The van der Waals surface area contributed by atoms with Gasteiger partial charge in [-0.05, 0) is 51.3 Å². The number of rotatable bonds is 6. The van der Waals surface area contributed by atoms with E-state index < -0.39 is 10.0 Å². The third kappa shape index (κ3) is 5.03. The van der Waals surface area contributed by atoms with Gasteiger partial charge in [-0.25, -0.2) is 13.1 Å². The second kappa shape index (κ2) is 7.91. The molecule has 1 heterocycles. The van der Waals surface area contributed by atoms with Crippen LogP contribution in [0.25, 0.3) is 0 Å². The number of aryl methyl sites for hydroxylation is 1. The minimum absolute atomic E-state index is 0.233. The molecule has 0 aromatic heterocycles. The zero-order valence-electron chi connectivity index (χ0n) is 13.8. The summed E-state index contributed by atoms with van der Waals surface area (Å²) in [6.07, 6.45) is 2.58. The maximum absolute atomic E-state index is 12.3. The van der Waals surface area contributed by atoms with Crippen LogP contribution in [-0.4, -0.2) is 39.0 Å². The number of likely N-dealkylation sites (tertiary alicyclic amines) is 1. The van der Waals surface area contributed by atoms with Crippen LogP contribution in [0.15, 0.2) is 29.2 Å². The largest absolute Gasteiger partial charge is 0.299 e.